The van der Waals surface area contributed by atoms with Crippen molar-refractivity contribution in [2.75, 3.05) is 17.4 Å². The summed E-state index contributed by atoms with van der Waals surface area (Å²) in [7, 11) is -4.18. The molecule has 0 unspecified atom stereocenters. The van der Waals surface area contributed by atoms with Gasteiger partial charge in [-0.15, -0.1) is 0 Å². The highest BCUT2D eigenvalue weighted by Gasteiger charge is 2.33. The third-order valence-electron chi connectivity index (χ3n) is 6.24. The van der Waals surface area contributed by atoms with E-state index in [1.807, 2.05) is 19.9 Å². The number of carbonyl (C=O) groups is 2. The van der Waals surface area contributed by atoms with E-state index in [2.05, 4.69) is 5.32 Å². The first-order chi connectivity index (χ1) is 19.0. The number of benzene rings is 3. The molecule has 0 radical (unpaired) electrons. The molecule has 7 nitrogen and oxygen atoms in total. The van der Waals surface area contributed by atoms with Crippen molar-refractivity contribution in [3.05, 3.63) is 92.9 Å². The SMILES string of the molecule is CCCNC(=O)[C@@H](CC)N(Cc1ccc(Cl)c(Cl)c1)C(=O)CN(c1cccc(C)c1)S(=O)(=O)c1ccc(Cl)cc1. The highest BCUT2D eigenvalue weighted by molar-refractivity contribution is 7.92. The molecule has 0 bridgehead atoms. The van der Waals surface area contributed by atoms with Gasteiger partial charge in [-0.3, -0.25) is 13.9 Å². The van der Waals surface area contributed by atoms with E-state index < -0.39 is 28.5 Å². The van der Waals surface area contributed by atoms with Gasteiger partial charge in [0, 0.05) is 18.1 Å². The molecule has 0 fully saturated rings. The summed E-state index contributed by atoms with van der Waals surface area (Å²) in [6.45, 7) is 5.50. The van der Waals surface area contributed by atoms with Crippen LogP contribution in [-0.4, -0.2) is 44.3 Å². The number of aryl methyl sites for hydroxylation is 1. The van der Waals surface area contributed by atoms with Crippen LogP contribution in [-0.2, 0) is 26.2 Å². The number of nitrogens with zero attached hydrogens (tertiary/aromatic N) is 2. The Morgan fingerprint density at radius 1 is 0.925 bits per heavy atom. The van der Waals surface area contributed by atoms with E-state index in [-0.39, 0.29) is 17.3 Å². The van der Waals surface area contributed by atoms with E-state index in [4.69, 9.17) is 34.8 Å². The summed E-state index contributed by atoms with van der Waals surface area (Å²) >= 11 is 18.3. The van der Waals surface area contributed by atoms with Crippen LogP contribution in [0.15, 0.2) is 71.6 Å². The van der Waals surface area contributed by atoms with Gasteiger partial charge in [-0.05, 0) is 79.4 Å². The third kappa shape index (κ3) is 7.91. The molecule has 0 heterocycles. The maximum absolute atomic E-state index is 14.0. The van der Waals surface area contributed by atoms with Crippen LogP contribution in [0.4, 0.5) is 5.69 Å². The molecule has 0 saturated carbocycles. The number of anilines is 1. The fraction of sp³-hybridized carbons (Fsp3) is 0.310. The number of nitrogens with one attached hydrogen (secondary N) is 1. The molecule has 11 heteroatoms. The average Bonchev–Trinajstić information content (AvgIpc) is 2.92. The normalized spacial score (nSPS) is 12.1. The average molecular weight is 625 g/mol. The number of sulfonamides is 1. The Kier molecular flexibility index (Phi) is 11.3. The zero-order valence-corrected chi connectivity index (χ0v) is 25.6. The van der Waals surface area contributed by atoms with E-state index in [9.17, 15) is 18.0 Å². The van der Waals surface area contributed by atoms with Crippen LogP contribution in [0.3, 0.4) is 0 Å². The zero-order chi connectivity index (χ0) is 29.4. The van der Waals surface area contributed by atoms with Crippen LogP contribution in [0, 0.1) is 6.92 Å². The topological polar surface area (TPSA) is 86.8 Å². The van der Waals surface area contributed by atoms with Gasteiger partial charge in [-0.2, -0.15) is 0 Å². The Labute approximate surface area is 251 Å². The molecule has 0 saturated heterocycles. The molecule has 0 aliphatic carbocycles. The molecule has 0 aliphatic heterocycles. The Hall–Kier alpha value is -2.78. The molecule has 3 aromatic carbocycles. The van der Waals surface area contributed by atoms with E-state index in [1.165, 1.54) is 29.2 Å². The second kappa shape index (κ2) is 14.2. The number of carbonyl (C=O) groups excluding carboxylic acids is 2. The molecule has 0 spiro atoms. The second-order valence-electron chi connectivity index (χ2n) is 9.29. The van der Waals surface area contributed by atoms with Crippen LogP contribution in [0.1, 0.15) is 37.8 Å². The van der Waals surface area contributed by atoms with Gasteiger partial charge in [0.25, 0.3) is 10.0 Å². The Bertz CT molecular complexity index is 1450. The van der Waals surface area contributed by atoms with Gasteiger partial charge in [-0.25, -0.2) is 8.42 Å². The van der Waals surface area contributed by atoms with Crippen molar-refractivity contribution in [2.24, 2.45) is 0 Å². The fourth-order valence-electron chi connectivity index (χ4n) is 4.17. The largest absolute Gasteiger partial charge is 0.354 e. The molecule has 3 aromatic rings. The number of halogens is 3. The number of hydrogen-bond donors (Lipinski definition) is 1. The Morgan fingerprint density at radius 2 is 1.62 bits per heavy atom. The third-order valence-corrected chi connectivity index (χ3v) is 9.02. The maximum atomic E-state index is 14.0. The second-order valence-corrected chi connectivity index (χ2v) is 12.4. The van der Waals surface area contributed by atoms with Crippen LogP contribution in [0.2, 0.25) is 15.1 Å². The van der Waals surface area contributed by atoms with E-state index in [0.717, 1.165) is 16.3 Å². The molecule has 0 aromatic heterocycles. The summed E-state index contributed by atoms with van der Waals surface area (Å²) in [6.07, 6.45) is 1.04. The van der Waals surface area contributed by atoms with Crippen LogP contribution in [0.5, 0.6) is 0 Å². The monoisotopic (exact) mass is 623 g/mol. The van der Waals surface area contributed by atoms with Crippen molar-refractivity contribution in [1.82, 2.24) is 10.2 Å². The lowest BCUT2D eigenvalue weighted by Crippen LogP contribution is -2.52. The summed E-state index contributed by atoms with van der Waals surface area (Å²) in [5.41, 5.74) is 1.78. The standard InChI is InChI=1S/C29H32Cl3N3O4S/c1-4-15-33-29(37)27(5-2)34(18-21-9-14-25(31)26(32)17-21)28(36)19-35(23-8-6-7-20(3)16-23)40(38,39)24-12-10-22(30)11-13-24/h6-14,16-17,27H,4-5,15,18-19H2,1-3H3,(H,33,37)/t27-/m1/s1. The molecule has 1 N–H and O–H groups in total. The van der Waals surface area contributed by atoms with E-state index in [0.29, 0.717) is 39.3 Å². The minimum Gasteiger partial charge on any atom is -0.354 e. The van der Waals surface area contributed by atoms with Crippen LogP contribution >= 0.6 is 34.8 Å². The van der Waals surface area contributed by atoms with E-state index in [1.54, 1.807) is 43.3 Å². The highest BCUT2D eigenvalue weighted by Crippen LogP contribution is 2.27. The molecule has 0 aliphatic rings. The summed E-state index contributed by atoms with van der Waals surface area (Å²) in [6, 6.07) is 16.7. The van der Waals surface area contributed by atoms with Crippen LogP contribution in [0.25, 0.3) is 0 Å². The number of rotatable bonds is 12. The van der Waals surface area contributed by atoms with Crippen molar-refractivity contribution in [1.29, 1.82) is 0 Å². The van der Waals surface area contributed by atoms with Crippen LogP contribution < -0.4 is 9.62 Å². The van der Waals surface area contributed by atoms with Crippen molar-refractivity contribution in [3.63, 3.8) is 0 Å². The van der Waals surface area contributed by atoms with Gasteiger partial charge in [0.1, 0.15) is 12.6 Å². The zero-order valence-electron chi connectivity index (χ0n) is 22.5. The molecule has 2 amide bonds. The minimum absolute atomic E-state index is 0.0185. The molecular formula is C29H32Cl3N3O4S. The first kappa shape index (κ1) is 31.7. The summed E-state index contributed by atoms with van der Waals surface area (Å²) in [5.74, 6) is -0.871. The smallest absolute Gasteiger partial charge is 0.264 e. The molecule has 3 rings (SSSR count). The summed E-state index contributed by atoms with van der Waals surface area (Å²) in [5, 5.41) is 3.90. The minimum atomic E-state index is -4.18. The lowest BCUT2D eigenvalue weighted by molar-refractivity contribution is -0.140. The summed E-state index contributed by atoms with van der Waals surface area (Å²) < 4.78 is 28.8. The van der Waals surface area contributed by atoms with E-state index >= 15 is 0 Å². The predicted molar refractivity (Wildman–Crippen MR) is 162 cm³/mol. The Balaban J connectivity index is 2.06. The number of amides is 2. The van der Waals surface area contributed by atoms with Crippen molar-refractivity contribution in [3.8, 4) is 0 Å². The molecule has 1 atom stereocenters. The first-order valence-electron chi connectivity index (χ1n) is 12.8. The van der Waals surface area contributed by atoms with Crippen molar-refractivity contribution in [2.45, 2.75) is 51.1 Å². The van der Waals surface area contributed by atoms with Gasteiger partial charge in [0.2, 0.25) is 11.8 Å². The van der Waals surface area contributed by atoms with Gasteiger partial charge in [0.05, 0.1) is 20.6 Å². The van der Waals surface area contributed by atoms with Gasteiger partial charge < -0.3 is 10.2 Å². The lowest BCUT2D eigenvalue weighted by Gasteiger charge is -2.33. The fourth-order valence-corrected chi connectivity index (χ4v) is 6.02. The van der Waals surface area contributed by atoms with Gasteiger partial charge in [-0.1, -0.05) is 66.8 Å². The molecule has 214 valence electrons. The lowest BCUT2D eigenvalue weighted by atomic mass is 10.1. The maximum Gasteiger partial charge on any atom is 0.264 e. The predicted octanol–water partition coefficient (Wildman–Crippen LogP) is 6.48. The molecular weight excluding hydrogens is 593 g/mol. The highest BCUT2D eigenvalue weighted by atomic mass is 35.5. The Morgan fingerprint density at radius 3 is 2.23 bits per heavy atom. The van der Waals surface area contributed by atoms with Crippen molar-refractivity contribution >= 4 is 62.3 Å². The molecule has 40 heavy (non-hydrogen) atoms. The first-order valence-corrected chi connectivity index (χ1v) is 15.4. The quantitative estimate of drug-likeness (QED) is 0.250. The summed E-state index contributed by atoms with van der Waals surface area (Å²) in [4.78, 5) is 28.6. The number of hydrogen-bond acceptors (Lipinski definition) is 4. The van der Waals surface area contributed by atoms with Crippen molar-refractivity contribution < 1.29 is 18.0 Å². The van der Waals surface area contributed by atoms with Gasteiger partial charge in [0.15, 0.2) is 0 Å². The van der Waals surface area contributed by atoms with Gasteiger partial charge >= 0.3 is 0 Å².